The Hall–Kier alpha value is -1.15. The van der Waals surface area contributed by atoms with Gasteiger partial charge >= 0.3 is 0 Å². The quantitative estimate of drug-likeness (QED) is 0.605. The van der Waals surface area contributed by atoms with Gasteiger partial charge in [-0.2, -0.15) is 0 Å². The van der Waals surface area contributed by atoms with Gasteiger partial charge in [-0.15, -0.1) is 0 Å². The van der Waals surface area contributed by atoms with Crippen molar-refractivity contribution in [2.75, 3.05) is 24.6 Å². The molecule has 0 aromatic rings. The monoisotopic (exact) mass is 305 g/mol. The van der Waals surface area contributed by atoms with Gasteiger partial charge in [0.25, 0.3) is 0 Å². The Bertz CT molecular complexity index is 468. The Morgan fingerprint density at radius 1 is 1.25 bits per heavy atom. The largest absolute Gasteiger partial charge is 0.350 e. The lowest BCUT2D eigenvalue weighted by atomic mass is 10.1. The normalized spacial score (nSPS) is 22.1. The van der Waals surface area contributed by atoms with E-state index in [4.69, 9.17) is 0 Å². The molecule has 1 unspecified atom stereocenters. The fraction of sp³-hybridized carbons (Fsp3) is 0.833. The Labute approximate surface area is 119 Å². The molecule has 0 aliphatic carbocycles. The van der Waals surface area contributed by atoms with Crippen LogP contribution in [0.15, 0.2) is 0 Å². The first-order valence-electron chi connectivity index (χ1n) is 6.59. The number of hydrogen-bond donors (Lipinski definition) is 3. The SMILES string of the molecule is CC(C)(C)NC(=O)CNC(=O)CC1CS(=O)(=O)CCN1. The topological polar surface area (TPSA) is 104 Å². The van der Waals surface area contributed by atoms with Gasteiger partial charge in [-0.05, 0) is 20.8 Å². The first-order valence-corrected chi connectivity index (χ1v) is 8.41. The van der Waals surface area contributed by atoms with Gasteiger partial charge in [0, 0.05) is 24.5 Å². The van der Waals surface area contributed by atoms with Crippen LogP contribution in [0, 0.1) is 0 Å². The van der Waals surface area contributed by atoms with Crippen LogP contribution in [0.3, 0.4) is 0 Å². The minimum Gasteiger partial charge on any atom is -0.350 e. The number of hydrogen-bond acceptors (Lipinski definition) is 5. The summed E-state index contributed by atoms with van der Waals surface area (Å²) in [6.45, 7) is 5.82. The second kappa shape index (κ2) is 6.53. The first kappa shape index (κ1) is 16.9. The second-order valence-corrected chi connectivity index (χ2v) is 8.27. The molecule has 0 radical (unpaired) electrons. The number of amides is 2. The number of rotatable bonds is 4. The van der Waals surface area contributed by atoms with E-state index in [1.54, 1.807) is 0 Å². The van der Waals surface area contributed by atoms with E-state index in [0.29, 0.717) is 6.54 Å². The van der Waals surface area contributed by atoms with Crippen LogP contribution in [0.25, 0.3) is 0 Å². The average Bonchev–Trinajstić information content (AvgIpc) is 2.22. The Morgan fingerprint density at radius 2 is 1.90 bits per heavy atom. The Balaban J connectivity index is 2.32. The third-order valence-electron chi connectivity index (χ3n) is 2.69. The van der Waals surface area contributed by atoms with Crippen molar-refractivity contribution in [1.82, 2.24) is 16.0 Å². The van der Waals surface area contributed by atoms with E-state index in [1.165, 1.54) is 0 Å². The molecule has 0 saturated carbocycles. The van der Waals surface area contributed by atoms with Crippen LogP contribution in [0.1, 0.15) is 27.2 Å². The molecule has 0 spiro atoms. The van der Waals surface area contributed by atoms with Gasteiger partial charge in [0.15, 0.2) is 9.84 Å². The standard InChI is InChI=1S/C12H23N3O4S/c1-12(2,3)15-11(17)7-14-10(16)6-9-8-20(18,19)5-4-13-9/h9,13H,4-8H2,1-3H3,(H,14,16)(H,15,17). The average molecular weight is 305 g/mol. The van der Waals surface area contributed by atoms with Gasteiger partial charge in [-0.25, -0.2) is 8.42 Å². The summed E-state index contributed by atoms with van der Waals surface area (Å²) in [7, 11) is -3.05. The van der Waals surface area contributed by atoms with Gasteiger partial charge in [0.05, 0.1) is 18.1 Å². The highest BCUT2D eigenvalue weighted by atomic mass is 32.2. The summed E-state index contributed by atoms with van der Waals surface area (Å²) in [4.78, 5) is 23.2. The van der Waals surface area contributed by atoms with Crippen LogP contribution in [-0.2, 0) is 19.4 Å². The van der Waals surface area contributed by atoms with Gasteiger partial charge in [-0.1, -0.05) is 0 Å². The highest BCUT2D eigenvalue weighted by Crippen LogP contribution is 2.04. The summed E-state index contributed by atoms with van der Waals surface area (Å²) in [5, 5.41) is 8.21. The minimum atomic E-state index is -3.05. The zero-order valence-electron chi connectivity index (χ0n) is 12.2. The van der Waals surface area contributed by atoms with Crippen LogP contribution in [0.2, 0.25) is 0 Å². The summed E-state index contributed by atoms with van der Waals surface area (Å²) >= 11 is 0. The molecule has 1 heterocycles. The highest BCUT2D eigenvalue weighted by Gasteiger charge is 2.26. The van der Waals surface area contributed by atoms with Crippen LogP contribution in [0.5, 0.6) is 0 Å². The predicted molar refractivity (Wildman–Crippen MR) is 76.0 cm³/mol. The molecule has 1 rings (SSSR count). The highest BCUT2D eigenvalue weighted by molar-refractivity contribution is 7.91. The number of carbonyl (C=O) groups is 2. The van der Waals surface area contributed by atoms with Crippen molar-refractivity contribution < 1.29 is 18.0 Å². The van der Waals surface area contributed by atoms with Gasteiger partial charge < -0.3 is 16.0 Å². The molecule has 1 atom stereocenters. The minimum absolute atomic E-state index is 0.0331. The fourth-order valence-corrected chi connectivity index (χ4v) is 3.38. The van der Waals surface area contributed by atoms with Crippen molar-refractivity contribution in [2.24, 2.45) is 0 Å². The lowest BCUT2D eigenvalue weighted by Crippen LogP contribution is -2.49. The van der Waals surface area contributed by atoms with E-state index in [2.05, 4.69) is 16.0 Å². The zero-order valence-corrected chi connectivity index (χ0v) is 13.0. The molecule has 116 valence electrons. The second-order valence-electron chi connectivity index (χ2n) is 6.04. The Morgan fingerprint density at radius 3 is 2.45 bits per heavy atom. The maximum absolute atomic E-state index is 11.7. The third kappa shape index (κ3) is 6.85. The molecular weight excluding hydrogens is 282 g/mol. The number of sulfone groups is 1. The van der Waals surface area contributed by atoms with Crippen LogP contribution in [0.4, 0.5) is 0 Å². The van der Waals surface area contributed by atoms with E-state index in [0.717, 1.165) is 0 Å². The molecule has 3 N–H and O–H groups in total. The van der Waals surface area contributed by atoms with E-state index in [9.17, 15) is 18.0 Å². The molecule has 0 bridgehead atoms. The number of carbonyl (C=O) groups excluding carboxylic acids is 2. The van der Waals surface area contributed by atoms with Crippen molar-refractivity contribution in [3.05, 3.63) is 0 Å². The number of nitrogens with one attached hydrogen (secondary N) is 3. The van der Waals surface area contributed by atoms with Crippen molar-refractivity contribution >= 4 is 21.7 Å². The maximum Gasteiger partial charge on any atom is 0.239 e. The van der Waals surface area contributed by atoms with E-state index < -0.39 is 9.84 Å². The van der Waals surface area contributed by atoms with Crippen molar-refractivity contribution in [3.8, 4) is 0 Å². The van der Waals surface area contributed by atoms with E-state index in [1.807, 2.05) is 20.8 Å². The van der Waals surface area contributed by atoms with Crippen LogP contribution >= 0.6 is 0 Å². The van der Waals surface area contributed by atoms with Crippen molar-refractivity contribution in [1.29, 1.82) is 0 Å². The third-order valence-corrected chi connectivity index (χ3v) is 4.43. The summed E-state index contributed by atoms with van der Waals surface area (Å²) in [6.07, 6.45) is 0.0576. The molecule has 7 nitrogen and oxygen atoms in total. The molecule has 0 aromatic heterocycles. The van der Waals surface area contributed by atoms with E-state index in [-0.39, 0.29) is 47.9 Å². The van der Waals surface area contributed by atoms with Gasteiger partial charge in [-0.3, -0.25) is 9.59 Å². The molecule has 8 heteroatoms. The van der Waals surface area contributed by atoms with Crippen LogP contribution in [-0.4, -0.2) is 56.4 Å². The molecule has 1 saturated heterocycles. The van der Waals surface area contributed by atoms with Crippen molar-refractivity contribution in [3.63, 3.8) is 0 Å². The molecule has 1 aliphatic rings. The summed E-state index contributed by atoms with van der Waals surface area (Å²) in [5.41, 5.74) is -0.346. The smallest absolute Gasteiger partial charge is 0.239 e. The zero-order chi connectivity index (χ0) is 15.4. The van der Waals surface area contributed by atoms with Crippen molar-refractivity contribution in [2.45, 2.75) is 38.8 Å². The van der Waals surface area contributed by atoms with Gasteiger partial charge in [0.1, 0.15) is 0 Å². The van der Waals surface area contributed by atoms with Gasteiger partial charge in [0.2, 0.25) is 11.8 Å². The molecule has 1 fully saturated rings. The molecule has 20 heavy (non-hydrogen) atoms. The molecule has 0 aromatic carbocycles. The lowest BCUT2D eigenvalue weighted by molar-refractivity contribution is -0.127. The predicted octanol–water partition coefficient (Wildman–Crippen LogP) is -1.21. The first-order chi connectivity index (χ1) is 9.07. The van der Waals surface area contributed by atoms with E-state index >= 15 is 0 Å². The fourth-order valence-electron chi connectivity index (χ4n) is 1.94. The summed E-state index contributed by atoms with van der Waals surface area (Å²) < 4.78 is 22.9. The van der Waals surface area contributed by atoms with Crippen LogP contribution < -0.4 is 16.0 Å². The maximum atomic E-state index is 11.7. The molecular formula is C12H23N3O4S. The summed E-state index contributed by atoms with van der Waals surface area (Å²) in [6, 6.07) is -0.376. The molecule has 2 amide bonds. The Kier molecular flexibility index (Phi) is 5.52. The lowest BCUT2D eigenvalue weighted by Gasteiger charge is -2.23. The summed E-state index contributed by atoms with van der Waals surface area (Å²) in [5.74, 6) is -0.521. The molecule has 1 aliphatic heterocycles.